The number of aryl methyl sites for hydroxylation is 1. The highest BCUT2D eigenvalue weighted by Crippen LogP contribution is 2.26. The van der Waals surface area contributed by atoms with Crippen molar-refractivity contribution in [2.45, 2.75) is 13.8 Å². The van der Waals surface area contributed by atoms with Gasteiger partial charge in [0, 0.05) is 10.6 Å². The van der Waals surface area contributed by atoms with Crippen LogP contribution in [0.15, 0.2) is 82.6 Å². The fourth-order valence-corrected chi connectivity index (χ4v) is 3.57. The summed E-state index contributed by atoms with van der Waals surface area (Å²) in [4.78, 5) is 18.1. The first-order valence-electron chi connectivity index (χ1n) is 9.42. The average Bonchev–Trinajstić information content (AvgIpc) is 3.08. The number of halogens is 2. The summed E-state index contributed by atoms with van der Waals surface area (Å²) >= 11 is 6.05. The van der Waals surface area contributed by atoms with E-state index < -0.39 is 0 Å². The minimum Gasteiger partial charge on any atom is -0.290 e. The van der Waals surface area contributed by atoms with Crippen LogP contribution in [0.1, 0.15) is 18.1 Å². The zero-order valence-electron chi connectivity index (χ0n) is 16.5. The third-order valence-electron chi connectivity index (χ3n) is 4.85. The van der Waals surface area contributed by atoms with Gasteiger partial charge >= 0.3 is 0 Å². The second-order valence-electron chi connectivity index (χ2n) is 6.97. The van der Waals surface area contributed by atoms with Crippen LogP contribution >= 0.6 is 11.6 Å². The minimum absolute atomic E-state index is 0.256. The molecule has 1 aromatic heterocycles. The zero-order valence-corrected chi connectivity index (χ0v) is 17.2. The number of hydrogen-bond acceptors (Lipinski definition) is 2. The molecule has 0 saturated heterocycles. The van der Waals surface area contributed by atoms with Gasteiger partial charge in [0.25, 0.3) is 5.56 Å². The van der Waals surface area contributed by atoms with Gasteiger partial charge in [-0.05, 0) is 61.9 Å². The van der Waals surface area contributed by atoms with Crippen molar-refractivity contribution < 1.29 is 4.39 Å². The van der Waals surface area contributed by atoms with Gasteiger partial charge in [-0.2, -0.15) is 0 Å². The zero-order chi connectivity index (χ0) is 21.3. The van der Waals surface area contributed by atoms with E-state index in [9.17, 15) is 9.18 Å². The van der Waals surface area contributed by atoms with E-state index in [4.69, 9.17) is 16.6 Å². The van der Waals surface area contributed by atoms with Gasteiger partial charge in [0.05, 0.1) is 28.3 Å². The van der Waals surface area contributed by atoms with Crippen LogP contribution in [0, 0.1) is 12.7 Å². The molecule has 0 atom stereocenters. The van der Waals surface area contributed by atoms with E-state index in [1.54, 1.807) is 25.1 Å². The molecule has 0 aliphatic heterocycles. The molecule has 4 aromatic rings. The van der Waals surface area contributed by atoms with E-state index in [0.717, 1.165) is 16.8 Å². The monoisotopic (exact) mass is 419 g/mol. The van der Waals surface area contributed by atoms with E-state index >= 15 is 0 Å². The maximum Gasteiger partial charge on any atom is 0.280 e. The van der Waals surface area contributed by atoms with Gasteiger partial charge in [-0.25, -0.2) is 9.07 Å². The highest BCUT2D eigenvalue weighted by atomic mass is 35.5. The lowest BCUT2D eigenvalue weighted by atomic mass is 10.1. The highest BCUT2D eigenvalue weighted by Gasteiger charge is 2.19. The second kappa shape index (κ2) is 8.13. The van der Waals surface area contributed by atoms with E-state index in [1.165, 1.54) is 16.8 Å². The van der Waals surface area contributed by atoms with Gasteiger partial charge in [0.15, 0.2) is 0 Å². The summed E-state index contributed by atoms with van der Waals surface area (Å²) in [6.07, 6.45) is 0. The second-order valence-corrected chi connectivity index (χ2v) is 7.41. The summed E-state index contributed by atoms with van der Waals surface area (Å²) in [6, 6.07) is 20.8. The van der Waals surface area contributed by atoms with Crippen LogP contribution in [0.4, 0.5) is 10.1 Å². The number of H-pyrrole nitrogens is 1. The molecule has 4 nitrogen and oxygen atoms in total. The number of aromatic amines is 1. The maximum atomic E-state index is 13.4. The molecular formula is C24H19ClFN3O. The molecule has 0 spiro atoms. The van der Waals surface area contributed by atoms with Gasteiger partial charge in [-0.3, -0.25) is 14.9 Å². The van der Waals surface area contributed by atoms with Gasteiger partial charge in [0.1, 0.15) is 5.82 Å². The molecule has 0 aliphatic rings. The molecular weight excluding hydrogens is 401 g/mol. The molecule has 150 valence electrons. The Hall–Kier alpha value is -3.44. The number of aromatic nitrogens is 2. The van der Waals surface area contributed by atoms with E-state index in [0.29, 0.717) is 27.7 Å². The molecule has 3 aromatic carbocycles. The first-order valence-corrected chi connectivity index (χ1v) is 9.80. The minimum atomic E-state index is -0.363. The Balaban J connectivity index is 1.92. The molecule has 6 heteroatoms. The Morgan fingerprint density at radius 1 is 1.03 bits per heavy atom. The lowest BCUT2D eigenvalue weighted by molar-refractivity contribution is 0.627. The normalized spacial score (nSPS) is 11.7. The van der Waals surface area contributed by atoms with Crippen molar-refractivity contribution in [1.82, 2.24) is 9.78 Å². The average molecular weight is 420 g/mol. The van der Waals surface area contributed by atoms with Crippen LogP contribution in [-0.4, -0.2) is 15.5 Å². The predicted molar refractivity (Wildman–Crippen MR) is 120 cm³/mol. The molecule has 0 saturated carbocycles. The Bertz CT molecular complexity index is 1290. The van der Waals surface area contributed by atoms with Gasteiger partial charge in [0.2, 0.25) is 0 Å². The predicted octanol–water partition coefficient (Wildman–Crippen LogP) is 6.07. The molecule has 0 radical (unpaired) electrons. The largest absolute Gasteiger partial charge is 0.290 e. The molecule has 1 N–H and O–H groups in total. The summed E-state index contributed by atoms with van der Waals surface area (Å²) in [7, 11) is 0. The molecule has 0 bridgehead atoms. The van der Waals surface area contributed by atoms with Crippen LogP contribution in [0.2, 0.25) is 5.02 Å². The van der Waals surface area contributed by atoms with Gasteiger partial charge < -0.3 is 0 Å². The van der Waals surface area contributed by atoms with Crippen molar-refractivity contribution in [2.24, 2.45) is 4.99 Å². The Morgan fingerprint density at radius 2 is 1.73 bits per heavy atom. The SMILES string of the molecule is CC(=Nc1ccc(Cl)cc1C)c1c(-c2ccccc2)[nH]n(-c2ccc(F)cc2)c1=O. The van der Waals surface area contributed by atoms with Crippen molar-refractivity contribution >= 4 is 23.0 Å². The first-order chi connectivity index (χ1) is 14.4. The van der Waals surface area contributed by atoms with Crippen molar-refractivity contribution in [2.75, 3.05) is 0 Å². The van der Waals surface area contributed by atoms with Crippen molar-refractivity contribution in [1.29, 1.82) is 0 Å². The summed E-state index contributed by atoms with van der Waals surface area (Å²) in [5.41, 5.74) is 4.47. The smallest absolute Gasteiger partial charge is 0.280 e. The van der Waals surface area contributed by atoms with Crippen LogP contribution in [0.25, 0.3) is 16.9 Å². The fraction of sp³-hybridized carbons (Fsp3) is 0.0833. The molecule has 4 rings (SSSR count). The van der Waals surface area contributed by atoms with Crippen LogP contribution < -0.4 is 5.56 Å². The fourth-order valence-electron chi connectivity index (χ4n) is 3.34. The summed E-state index contributed by atoms with van der Waals surface area (Å²) < 4.78 is 14.8. The number of nitrogens with zero attached hydrogens (tertiary/aromatic N) is 2. The number of nitrogens with one attached hydrogen (secondary N) is 1. The van der Waals surface area contributed by atoms with E-state index in [1.807, 2.05) is 49.4 Å². The lowest BCUT2D eigenvalue weighted by Crippen LogP contribution is -2.19. The van der Waals surface area contributed by atoms with Crippen LogP contribution in [-0.2, 0) is 0 Å². The summed E-state index contributed by atoms with van der Waals surface area (Å²) in [5, 5.41) is 3.81. The quantitative estimate of drug-likeness (QED) is 0.401. The van der Waals surface area contributed by atoms with Gasteiger partial charge in [-0.1, -0.05) is 41.9 Å². The van der Waals surface area contributed by atoms with Crippen LogP contribution in [0.3, 0.4) is 0 Å². The van der Waals surface area contributed by atoms with Crippen molar-refractivity contribution in [3.63, 3.8) is 0 Å². The van der Waals surface area contributed by atoms with E-state index in [2.05, 4.69) is 5.10 Å². The number of benzene rings is 3. The van der Waals surface area contributed by atoms with Gasteiger partial charge in [-0.15, -0.1) is 0 Å². The molecule has 0 amide bonds. The molecule has 30 heavy (non-hydrogen) atoms. The standard InChI is InChI=1S/C24H19ClFN3O/c1-15-14-18(25)8-13-21(15)27-16(2)22-23(17-6-4-3-5-7-17)28-29(24(22)30)20-11-9-19(26)10-12-20/h3-14,28H,1-2H3. The lowest BCUT2D eigenvalue weighted by Gasteiger charge is -2.05. The first kappa shape index (κ1) is 19.9. The third kappa shape index (κ3) is 3.84. The number of aliphatic imine (C=N–C) groups is 1. The number of rotatable bonds is 4. The van der Waals surface area contributed by atoms with Crippen molar-refractivity contribution in [3.8, 4) is 16.9 Å². The molecule has 0 unspecified atom stereocenters. The van der Waals surface area contributed by atoms with Crippen molar-refractivity contribution in [3.05, 3.63) is 105 Å². The summed E-state index contributed by atoms with van der Waals surface area (Å²) in [5.74, 6) is -0.363. The Morgan fingerprint density at radius 3 is 2.40 bits per heavy atom. The molecule has 0 fully saturated rings. The topological polar surface area (TPSA) is 50.1 Å². The summed E-state index contributed by atoms with van der Waals surface area (Å²) in [6.45, 7) is 3.73. The van der Waals surface area contributed by atoms with Crippen LogP contribution in [0.5, 0.6) is 0 Å². The Kier molecular flexibility index (Phi) is 5.38. The third-order valence-corrected chi connectivity index (χ3v) is 5.08. The highest BCUT2D eigenvalue weighted by molar-refractivity contribution is 6.30. The Labute approximate surface area is 178 Å². The van der Waals surface area contributed by atoms with E-state index in [-0.39, 0.29) is 11.4 Å². The molecule has 1 heterocycles. The molecule has 0 aliphatic carbocycles. The number of hydrogen-bond donors (Lipinski definition) is 1. The maximum absolute atomic E-state index is 13.4.